The fourth-order valence-corrected chi connectivity index (χ4v) is 6.82. The van der Waals surface area contributed by atoms with Gasteiger partial charge in [-0.1, -0.05) is 52.5 Å². The summed E-state index contributed by atoms with van der Waals surface area (Å²) in [4.78, 5) is 28.8. The number of nitrogens with one attached hydrogen (secondary N) is 1. The van der Waals surface area contributed by atoms with Crippen LogP contribution in [0, 0.1) is 0 Å². The van der Waals surface area contributed by atoms with Gasteiger partial charge in [-0.25, -0.2) is 8.42 Å². The number of ether oxygens (including phenoxy) is 2. The Morgan fingerprint density at radius 2 is 1.60 bits per heavy atom. The Kier molecular flexibility index (Phi) is 11.0. The number of benzene rings is 3. The van der Waals surface area contributed by atoms with Crippen LogP contribution in [0.3, 0.4) is 0 Å². The summed E-state index contributed by atoms with van der Waals surface area (Å²) >= 11 is 9.53. The van der Waals surface area contributed by atoms with Crippen LogP contribution in [-0.4, -0.2) is 58.0 Å². The number of sulfonamides is 1. The van der Waals surface area contributed by atoms with E-state index in [0.717, 1.165) is 40.0 Å². The second-order valence-electron chi connectivity index (χ2n) is 10.3. The number of carbonyl (C=O) groups excluding carboxylic acids is 2. The molecule has 0 saturated heterocycles. The molecule has 1 fully saturated rings. The molecule has 1 atom stereocenters. The molecule has 0 aromatic heterocycles. The minimum Gasteiger partial charge on any atom is -0.493 e. The molecule has 2 amide bonds. The highest BCUT2D eigenvalue weighted by molar-refractivity contribution is 9.10. The molecule has 0 aliphatic heterocycles. The van der Waals surface area contributed by atoms with Crippen LogP contribution in [0.4, 0.5) is 5.69 Å². The molecule has 0 heterocycles. The van der Waals surface area contributed by atoms with Crippen LogP contribution in [0.1, 0.15) is 38.2 Å². The van der Waals surface area contributed by atoms with Crippen LogP contribution in [0.25, 0.3) is 0 Å². The Hall–Kier alpha value is -3.28. The summed E-state index contributed by atoms with van der Waals surface area (Å²) in [5.74, 6) is -0.243. The van der Waals surface area contributed by atoms with Gasteiger partial charge in [-0.2, -0.15) is 0 Å². The predicted molar refractivity (Wildman–Crippen MR) is 170 cm³/mol. The van der Waals surface area contributed by atoms with Crippen molar-refractivity contribution in [3.05, 3.63) is 81.8 Å². The molecule has 3 aromatic rings. The van der Waals surface area contributed by atoms with Gasteiger partial charge in [0.15, 0.2) is 11.5 Å². The van der Waals surface area contributed by atoms with Gasteiger partial charge in [0.2, 0.25) is 11.8 Å². The van der Waals surface area contributed by atoms with Crippen LogP contribution in [0.2, 0.25) is 5.02 Å². The third-order valence-electron chi connectivity index (χ3n) is 7.47. The lowest BCUT2D eigenvalue weighted by atomic mass is 10.1. The summed E-state index contributed by atoms with van der Waals surface area (Å²) < 4.78 is 40.7. The van der Waals surface area contributed by atoms with E-state index in [4.69, 9.17) is 21.1 Å². The van der Waals surface area contributed by atoms with E-state index in [-0.39, 0.29) is 34.8 Å². The van der Waals surface area contributed by atoms with Gasteiger partial charge >= 0.3 is 0 Å². The van der Waals surface area contributed by atoms with Gasteiger partial charge in [-0.05, 0) is 73.9 Å². The third kappa shape index (κ3) is 8.01. The Morgan fingerprint density at radius 1 is 0.977 bits per heavy atom. The zero-order valence-corrected chi connectivity index (χ0v) is 27.4. The quantitative estimate of drug-likeness (QED) is 0.258. The summed E-state index contributed by atoms with van der Waals surface area (Å²) in [6, 6.07) is 17.0. The molecule has 0 unspecified atom stereocenters. The number of hydrogen-bond donors (Lipinski definition) is 1. The number of amides is 2. The molecule has 1 aliphatic rings. The standard InChI is InChI=1S/C31H35BrClN3O6S/c1-21(31(38)34-25-6-4-5-7-25)35(19-22-8-10-23(32)11-9-22)30(37)20-36(26-14-12-24(33)13-15-26)43(39,40)27-16-17-28(41-2)29(18-27)42-3/h8-18,21,25H,4-7,19-20H2,1-3H3,(H,34,38)/t21-/m0/s1. The van der Waals surface area contributed by atoms with Crippen molar-refractivity contribution in [1.29, 1.82) is 0 Å². The summed E-state index contributed by atoms with van der Waals surface area (Å²) in [6.07, 6.45) is 3.88. The van der Waals surface area contributed by atoms with Crippen LogP contribution in [0.5, 0.6) is 11.5 Å². The highest BCUT2D eigenvalue weighted by Gasteiger charge is 2.33. The van der Waals surface area contributed by atoms with Crippen molar-refractivity contribution in [3.63, 3.8) is 0 Å². The van der Waals surface area contributed by atoms with Gasteiger partial charge < -0.3 is 19.7 Å². The van der Waals surface area contributed by atoms with E-state index in [9.17, 15) is 18.0 Å². The molecule has 43 heavy (non-hydrogen) atoms. The number of rotatable bonds is 12. The molecule has 1 N–H and O–H groups in total. The minimum absolute atomic E-state index is 0.0654. The number of halogens is 2. The molecule has 0 radical (unpaired) electrons. The first-order valence-electron chi connectivity index (χ1n) is 13.9. The molecule has 0 bridgehead atoms. The van der Waals surface area contributed by atoms with E-state index < -0.39 is 28.5 Å². The molecule has 230 valence electrons. The number of anilines is 1. The molecular weight excluding hydrogens is 658 g/mol. The fraction of sp³-hybridized carbons (Fsp3) is 0.355. The molecule has 0 spiro atoms. The smallest absolute Gasteiger partial charge is 0.264 e. The molecule has 3 aromatic carbocycles. The first kappa shape index (κ1) is 32.6. The van der Waals surface area contributed by atoms with E-state index in [2.05, 4.69) is 21.2 Å². The SMILES string of the molecule is COc1ccc(S(=O)(=O)N(CC(=O)N(Cc2ccc(Br)cc2)[C@@H](C)C(=O)NC2CCCC2)c2ccc(Cl)cc2)cc1OC. The average molecular weight is 693 g/mol. The highest BCUT2D eigenvalue weighted by Crippen LogP contribution is 2.33. The zero-order chi connectivity index (χ0) is 31.1. The van der Waals surface area contributed by atoms with Crippen molar-refractivity contribution in [2.75, 3.05) is 25.1 Å². The van der Waals surface area contributed by atoms with Gasteiger partial charge in [-0.15, -0.1) is 0 Å². The van der Waals surface area contributed by atoms with E-state index in [1.54, 1.807) is 19.1 Å². The number of hydrogen-bond acceptors (Lipinski definition) is 6. The van der Waals surface area contributed by atoms with Gasteiger partial charge in [0.25, 0.3) is 10.0 Å². The molecule has 1 aliphatic carbocycles. The highest BCUT2D eigenvalue weighted by atomic mass is 79.9. The van der Waals surface area contributed by atoms with Crippen molar-refractivity contribution in [1.82, 2.24) is 10.2 Å². The maximum atomic E-state index is 14.1. The van der Waals surface area contributed by atoms with E-state index >= 15 is 0 Å². The Morgan fingerprint density at radius 3 is 2.21 bits per heavy atom. The molecule has 1 saturated carbocycles. The van der Waals surface area contributed by atoms with Gasteiger partial charge in [0.05, 0.1) is 24.8 Å². The lowest BCUT2D eigenvalue weighted by Gasteiger charge is -2.32. The number of nitrogens with zero attached hydrogens (tertiary/aromatic N) is 2. The average Bonchev–Trinajstić information content (AvgIpc) is 3.52. The third-order valence-corrected chi connectivity index (χ3v) is 10.0. The monoisotopic (exact) mass is 691 g/mol. The maximum Gasteiger partial charge on any atom is 0.264 e. The van der Waals surface area contributed by atoms with Crippen molar-refractivity contribution in [2.24, 2.45) is 0 Å². The number of carbonyl (C=O) groups is 2. The summed E-state index contributed by atoms with van der Waals surface area (Å²) in [5.41, 5.74) is 1.03. The second-order valence-corrected chi connectivity index (χ2v) is 13.5. The van der Waals surface area contributed by atoms with Crippen molar-refractivity contribution in [3.8, 4) is 11.5 Å². The summed E-state index contributed by atoms with van der Waals surface area (Å²) in [5, 5.41) is 3.48. The Balaban J connectivity index is 1.71. The van der Waals surface area contributed by atoms with Crippen molar-refractivity contribution in [2.45, 2.75) is 56.1 Å². The van der Waals surface area contributed by atoms with Crippen LogP contribution in [-0.2, 0) is 26.2 Å². The van der Waals surface area contributed by atoms with E-state index in [1.807, 2.05) is 24.3 Å². The van der Waals surface area contributed by atoms with Crippen LogP contribution < -0.4 is 19.1 Å². The van der Waals surface area contributed by atoms with Crippen LogP contribution in [0.15, 0.2) is 76.1 Å². The second kappa shape index (κ2) is 14.5. The fourth-order valence-electron chi connectivity index (χ4n) is 5.00. The Labute approximate surface area is 266 Å². The molecule has 12 heteroatoms. The van der Waals surface area contributed by atoms with Gasteiger partial charge in [-0.3, -0.25) is 13.9 Å². The lowest BCUT2D eigenvalue weighted by Crippen LogP contribution is -2.52. The van der Waals surface area contributed by atoms with E-state index in [1.165, 1.54) is 49.5 Å². The first-order valence-corrected chi connectivity index (χ1v) is 16.5. The van der Waals surface area contributed by atoms with Gasteiger partial charge in [0, 0.05) is 28.1 Å². The normalized spacial score (nSPS) is 14.2. The van der Waals surface area contributed by atoms with Crippen molar-refractivity contribution >= 4 is 55.1 Å². The molecular formula is C31H35BrClN3O6S. The summed E-state index contributed by atoms with van der Waals surface area (Å²) in [7, 11) is -1.43. The minimum atomic E-state index is -4.30. The lowest BCUT2D eigenvalue weighted by molar-refractivity contribution is -0.139. The van der Waals surface area contributed by atoms with E-state index in [0.29, 0.717) is 10.8 Å². The molecule has 9 nitrogen and oxygen atoms in total. The largest absolute Gasteiger partial charge is 0.493 e. The topological polar surface area (TPSA) is 105 Å². The van der Waals surface area contributed by atoms with Gasteiger partial charge in [0.1, 0.15) is 12.6 Å². The Bertz CT molecular complexity index is 1530. The van der Waals surface area contributed by atoms with Crippen LogP contribution >= 0.6 is 27.5 Å². The zero-order valence-electron chi connectivity index (χ0n) is 24.3. The summed E-state index contributed by atoms with van der Waals surface area (Å²) in [6.45, 7) is 1.21. The first-order chi connectivity index (χ1) is 20.5. The maximum absolute atomic E-state index is 14.1. The predicted octanol–water partition coefficient (Wildman–Crippen LogP) is 5.79. The van der Waals surface area contributed by atoms with Crippen molar-refractivity contribution < 1.29 is 27.5 Å². The molecule has 4 rings (SSSR count). The number of methoxy groups -OCH3 is 2.